The maximum absolute atomic E-state index is 10.6. The zero-order valence-electron chi connectivity index (χ0n) is 10.9. The monoisotopic (exact) mass is 281 g/mol. The molecule has 0 amide bonds. The lowest BCUT2D eigenvalue weighted by molar-refractivity contribution is -0.384. The zero-order chi connectivity index (χ0) is 14.7. The Labute approximate surface area is 120 Å². The van der Waals surface area contributed by atoms with Gasteiger partial charge < -0.3 is 9.30 Å². The first-order valence-corrected chi connectivity index (χ1v) is 6.23. The summed E-state index contributed by atoms with van der Waals surface area (Å²) in [5.41, 5.74) is 1.02. The van der Waals surface area contributed by atoms with Gasteiger partial charge in [-0.25, -0.2) is 4.98 Å². The number of ether oxygens (including phenoxy) is 1. The Morgan fingerprint density at radius 3 is 2.14 bits per heavy atom. The highest BCUT2D eigenvalue weighted by molar-refractivity contribution is 5.41. The molecular formula is C15H11N3O3. The molecule has 21 heavy (non-hydrogen) atoms. The first-order chi connectivity index (χ1) is 10.2. The summed E-state index contributed by atoms with van der Waals surface area (Å²) in [5, 5.41) is 10.6. The minimum Gasteiger partial charge on any atom is -0.457 e. The number of nitrogens with zero attached hydrogens (tertiary/aromatic N) is 3. The molecule has 104 valence electrons. The van der Waals surface area contributed by atoms with Crippen LogP contribution in [0.1, 0.15) is 0 Å². The van der Waals surface area contributed by atoms with Crippen molar-refractivity contribution in [1.29, 1.82) is 0 Å². The van der Waals surface area contributed by atoms with Crippen molar-refractivity contribution < 1.29 is 9.66 Å². The van der Waals surface area contributed by atoms with E-state index in [1.54, 1.807) is 24.7 Å². The van der Waals surface area contributed by atoms with Gasteiger partial charge in [0, 0.05) is 30.2 Å². The Bertz CT molecular complexity index is 735. The van der Waals surface area contributed by atoms with E-state index in [9.17, 15) is 10.1 Å². The number of benzene rings is 2. The average Bonchev–Trinajstić information content (AvgIpc) is 3.03. The number of nitro groups is 1. The zero-order valence-corrected chi connectivity index (χ0v) is 10.9. The van der Waals surface area contributed by atoms with Gasteiger partial charge in [0.25, 0.3) is 5.69 Å². The van der Waals surface area contributed by atoms with E-state index in [4.69, 9.17) is 4.74 Å². The number of hydrogen-bond donors (Lipinski definition) is 0. The summed E-state index contributed by atoms with van der Waals surface area (Å²) in [4.78, 5) is 14.1. The second-order valence-corrected chi connectivity index (χ2v) is 4.32. The summed E-state index contributed by atoms with van der Waals surface area (Å²) in [6.07, 6.45) is 5.28. The van der Waals surface area contributed by atoms with Crippen LogP contribution in [-0.2, 0) is 0 Å². The molecule has 3 rings (SSSR count). The molecule has 0 radical (unpaired) electrons. The molecular weight excluding hydrogens is 270 g/mol. The molecule has 1 heterocycles. The standard InChI is InChI=1S/C15H11N3O3/c19-18(20)13-3-7-15(8-4-13)21-14-5-1-12(2-6-14)17-10-9-16-11-17/h1-11H. The first kappa shape index (κ1) is 12.9. The summed E-state index contributed by atoms with van der Waals surface area (Å²) < 4.78 is 7.52. The first-order valence-electron chi connectivity index (χ1n) is 6.23. The highest BCUT2D eigenvalue weighted by Crippen LogP contribution is 2.24. The Morgan fingerprint density at radius 2 is 1.62 bits per heavy atom. The lowest BCUT2D eigenvalue weighted by atomic mass is 10.3. The number of nitro benzene ring substituents is 1. The number of imidazole rings is 1. The number of aromatic nitrogens is 2. The molecule has 2 aromatic carbocycles. The molecule has 0 atom stereocenters. The van der Waals surface area contributed by atoms with Crippen molar-refractivity contribution in [3.63, 3.8) is 0 Å². The predicted octanol–water partition coefficient (Wildman–Crippen LogP) is 3.57. The lowest BCUT2D eigenvalue weighted by Gasteiger charge is -2.07. The van der Waals surface area contributed by atoms with E-state index in [0.29, 0.717) is 11.5 Å². The van der Waals surface area contributed by atoms with E-state index in [0.717, 1.165) is 5.69 Å². The number of rotatable bonds is 4. The van der Waals surface area contributed by atoms with Crippen LogP contribution in [0.15, 0.2) is 67.3 Å². The van der Waals surface area contributed by atoms with Gasteiger partial charge in [0.1, 0.15) is 11.5 Å². The molecule has 6 heteroatoms. The highest BCUT2D eigenvalue weighted by Gasteiger charge is 2.05. The Morgan fingerprint density at radius 1 is 1.00 bits per heavy atom. The lowest BCUT2D eigenvalue weighted by Crippen LogP contribution is -1.91. The topological polar surface area (TPSA) is 70.2 Å². The summed E-state index contributed by atoms with van der Waals surface area (Å²) >= 11 is 0. The molecule has 0 saturated heterocycles. The fourth-order valence-electron chi connectivity index (χ4n) is 1.87. The fourth-order valence-corrected chi connectivity index (χ4v) is 1.87. The van der Waals surface area contributed by atoms with Gasteiger partial charge in [-0.05, 0) is 36.4 Å². The predicted molar refractivity (Wildman–Crippen MR) is 76.7 cm³/mol. The Balaban J connectivity index is 1.74. The van der Waals surface area contributed by atoms with Crippen LogP contribution in [0.3, 0.4) is 0 Å². The van der Waals surface area contributed by atoms with Crippen molar-refractivity contribution >= 4 is 5.69 Å². The van der Waals surface area contributed by atoms with Crippen LogP contribution in [0, 0.1) is 10.1 Å². The van der Waals surface area contributed by atoms with Crippen LogP contribution in [0.25, 0.3) is 5.69 Å². The molecule has 0 aliphatic carbocycles. The molecule has 0 aliphatic rings. The number of non-ortho nitro benzene ring substituents is 1. The van der Waals surface area contributed by atoms with Crippen molar-refractivity contribution in [3.8, 4) is 17.2 Å². The van der Waals surface area contributed by atoms with E-state index in [2.05, 4.69) is 4.98 Å². The van der Waals surface area contributed by atoms with Gasteiger partial charge in [-0.3, -0.25) is 10.1 Å². The Kier molecular flexibility index (Phi) is 3.34. The number of hydrogen-bond acceptors (Lipinski definition) is 4. The summed E-state index contributed by atoms with van der Waals surface area (Å²) in [7, 11) is 0. The Hall–Kier alpha value is -3.15. The summed E-state index contributed by atoms with van der Waals surface area (Å²) in [5.74, 6) is 1.21. The molecule has 3 aromatic rings. The van der Waals surface area contributed by atoms with Crippen LogP contribution in [-0.4, -0.2) is 14.5 Å². The van der Waals surface area contributed by atoms with E-state index in [1.165, 1.54) is 12.1 Å². The van der Waals surface area contributed by atoms with Gasteiger partial charge in [-0.2, -0.15) is 0 Å². The minimum absolute atomic E-state index is 0.0396. The van der Waals surface area contributed by atoms with Gasteiger partial charge in [0.05, 0.1) is 11.3 Å². The van der Waals surface area contributed by atoms with Crippen LogP contribution in [0.5, 0.6) is 11.5 Å². The molecule has 0 saturated carbocycles. The van der Waals surface area contributed by atoms with Crippen LogP contribution in [0.4, 0.5) is 5.69 Å². The largest absolute Gasteiger partial charge is 0.457 e. The van der Waals surface area contributed by atoms with Gasteiger partial charge in [0.2, 0.25) is 0 Å². The molecule has 1 aromatic heterocycles. The van der Waals surface area contributed by atoms with Crippen molar-refractivity contribution in [3.05, 3.63) is 77.4 Å². The normalized spacial score (nSPS) is 10.3. The van der Waals surface area contributed by atoms with Gasteiger partial charge in [0.15, 0.2) is 0 Å². The van der Waals surface area contributed by atoms with E-state index >= 15 is 0 Å². The molecule has 0 aliphatic heterocycles. The SMILES string of the molecule is O=[N+]([O-])c1ccc(Oc2ccc(-n3ccnc3)cc2)cc1. The third-order valence-corrected chi connectivity index (χ3v) is 2.92. The molecule has 0 N–H and O–H groups in total. The fraction of sp³-hybridized carbons (Fsp3) is 0. The second-order valence-electron chi connectivity index (χ2n) is 4.32. The minimum atomic E-state index is -0.441. The molecule has 0 spiro atoms. The van der Waals surface area contributed by atoms with Crippen LogP contribution in [0.2, 0.25) is 0 Å². The van der Waals surface area contributed by atoms with Crippen LogP contribution >= 0.6 is 0 Å². The molecule has 0 unspecified atom stereocenters. The van der Waals surface area contributed by atoms with Crippen molar-refractivity contribution in [2.75, 3.05) is 0 Å². The molecule has 0 fully saturated rings. The van der Waals surface area contributed by atoms with Gasteiger partial charge >= 0.3 is 0 Å². The second kappa shape index (κ2) is 5.46. The van der Waals surface area contributed by atoms with Crippen molar-refractivity contribution in [2.45, 2.75) is 0 Å². The quantitative estimate of drug-likeness (QED) is 0.541. The van der Waals surface area contributed by atoms with E-state index in [1.807, 2.05) is 35.0 Å². The maximum Gasteiger partial charge on any atom is 0.269 e. The molecule has 0 bridgehead atoms. The summed E-state index contributed by atoms with van der Waals surface area (Å²) in [6, 6.07) is 13.4. The maximum atomic E-state index is 10.6. The van der Waals surface area contributed by atoms with Crippen LogP contribution < -0.4 is 4.74 Å². The van der Waals surface area contributed by atoms with Crippen molar-refractivity contribution in [2.24, 2.45) is 0 Å². The summed E-state index contributed by atoms with van der Waals surface area (Å²) in [6.45, 7) is 0. The van der Waals surface area contributed by atoms with E-state index < -0.39 is 4.92 Å². The third-order valence-electron chi connectivity index (χ3n) is 2.92. The van der Waals surface area contributed by atoms with E-state index in [-0.39, 0.29) is 5.69 Å². The smallest absolute Gasteiger partial charge is 0.269 e. The van der Waals surface area contributed by atoms with Gasteiger partial charge in [-0.15, -0.1) is 0 Å². The van der Waals surface area contributed by atoms with Crippen molar-refractivity contribution in [1.82, 2.24) is 9.55 Å². The molecule has 6 nitrogen and oxygen atoms in total. The van der Waals surface area contributed by atoms with Gasteiger partial charge in [-0.1, -0.05) is 0 Å². The average molecular weight is 281 g/mol. The highest BCUT2D eigenvalue weighted by atomic mass is 16.6. The third kappa shape index (κ3) is 2.89.